The number of carbonyl (C=O) groups excluding carboxylic acids is 2. The fraction of sp³-hybridized carbons (Fsp3) is 0.412. The number of rotatable bonds is 12. The second-order valence-electron chi connectivity index (χ2n) is 10.8. The van der Waals surface area contributed by atoms with Crippen LogP contribution >= 0.6 is 0 Å². The molecule has 2 aromatic heterocycles. The lowest BCUT2D eigenvalue weighted by Crippen LogP contribution is -2.29. The van der Waals surface area contributed by atoms with Crippen LogP contribution in [-0.4, -0.2) is 79.2 Å². The minimum atomic E-state index is -0.388. The van der Waals surface area contributed by atoms with Crippen molar-refractivity contribution in [3.8, 4) is 34.8 Å². The quantitative estimate of drug-likeness (QED) is 0.102. The van der Waals surface area contributed by atoms with Gasteiger partial charge in [0.2, 0.25) is 11.8 Å². The van der Waals surface area contributed by atoms with Crippen LogP contribution in [-0.2, 0) is 0 Å². The van der Waals surface area contributed by atoms with Crippen LogP contribution in [0.15, 0.2) is 24.3 Å². The molecule has 15 heteroatoms. The average Bonchev–Trinajstić information content (AvgIpc) is 3.07. The van der Waals surface area contributed by atoms with E-state index in [9.17, 15) is 19.8 Å². The summed E-state index contributed by atoms with van der Waals surface area (Å²) in [5.74, 6) is 1.64. The summed E-state index contributed by atoms with van der Waals surface area (Å²) in [7, 11) is 6.16. The zero-order valence-corrected chi connectivity index (χ0v) is 29.3. The Labute approximate surface area is 285 Å². The molecule has 2 heterocycles. The molecule has 8 N–H and O–H groups in total. The van der Waals surface area contributed by atoms with Gasteiger partial charge in [-0.25, -0.2) is 19.6 Å². The number of pyridine rings is 2. The van der Waals surface area contributed by atoms with Crippen LogP contribution in [0.4, 0.5) is 21.0 Å². The molecule has 0 aliphatic rings. The fourth-order valence-electron chi connectivity index (χ4n) is 4.88. The molecule has 4 aromatic rings. The molecule has 268 valence electrons. The first kappa shape index (κ1) is 39.7. The summed E-state index contributed by atoms with van der Waals surface area (Å²) in [5, 5.41) is 34.0. The Balaban J connectivity index is 0.000000333. The lowest BCUT2D eigenvalue weighted by Gasteiger charge is -2.15. The van der Waals surface area contributed by atoms with Crippen LogP contribution in [0, 0.1) is 13.8 Å². The van der Waals surface area contributed by atoms with Crippen molar-refractivity contribution in [3.63, 3.8) is 0 Å². The molecule has 49 heavy (non-hydrogen) atoms. The maximum absolute atomic E-state index is 12.0. The number of anilines is 2. The average molecular weight is 685 g/mol. The first-order valence-electron chi connectivity index (χ1n) is 15.6. The smallest absolute Gasteiger partial charge is 0.319 e. The molecule has 0 aliphatic carbocycles. The topological polar surface area (TPSA) is 217 Å². The van der Waals surface area contributed by atoms with Crippen LogP contribution in [0.1, 0.15) is 50.9 Å². The summed E-state index contributed by atoms with van der Waals surface area (Å²) < 4.78 is 21.2. The standard InChI is InChI=1S/2C17H23N3O4.H2O/c2*1-5-6-7-18-17(22)20-15-12-9-14(24-4)13(23-3)8-11(12)10(2)19-16(15)21;/h2*8-9H,5-7H2,1-4H3,(H,19,21)(H2,18,20,22);1H2. The maximum Gasteiger partial charge on any atom is 0.319 e. The van der Waals surface area contributed by atoms with E-state index in [2.05, 4.69) is 31.2 Å². The normalized spacial score (nSPS) is 10.3. The van der Waals surface area contributed by atoms with Gasteiger partial charge in [0.1, 0.15) is 11.4 Å². The van der Waals surface area contributed by atoms with E-state index in [0.717, 1.165) is 36.5 Å². The van der Waals surface area contributed by atoms with Gasteiger partial charge in [-0.1, -0.05) is 26.7 Å². The molecule has 0 atom stereocenters. The zero-order chi connectivity index (χ0) is 35.4. The van der Waals surface area contributed by atoms with Gasteiger partial charge in [-0.3, -0.25) is 0 Å². The number of nitrogens with zero attached hydrogens (tertiary/aromatic N) is 2. The number of methoxy groups -OCH3 is 4. The Hall–Kier alpha value is -5.44. The molecule has 0 spiro atoms. The minimum absolute atomic E-state index is 0. The molecule has 4 amide bonds. The molecule has 2 aromatic carbocycles. The Morgan fingerprint density at radius 3 is 1.20 bits per heavy atom. The second kappa shape index (κ2) is 18.8. The summed E-state index contributed by atoms with van der Waals surface area (Å²) in [6.07, 6.45) is 3.74. The van der Waals surface area contributed by atoms with Crippen LogP contribution in [0.2, 0.25) is 0 Å². The fourth-order valence-corrected chi connectivity index (χ4v) is 4.88. The maximum atomic E-state index is 12.0. The van der Waals surface area contributed by atoms with Crippen LogP contribution in [0.5, 0.6) is 34.8 Å². The highest BCUT2D eigenvalue weighted by Gasteiger charge is 2.19. The van der Waals surface area contributed by atoms with Crippen LogP contribution < -0.4 is 40.2 Å². The van der Waals surface area contributed by atoms with E-state index in [1.807, 2.05) is 13.8 Å². The van der Waals surface area contributed by atoms with Crippen molar-refractivity contribution >= 4 is 45.0 Å². The predicted molar refractivity (Wildman–Crippen MR) is 190 cm³/mol. The van der Waals surface area contributed by atoms with Gasteiger partial charge in [0, 0.05) is 46.0 Å². The van der Waals surface area contributed by atoms with Crippen molar-refractivity contribution in [1.82, 2.24) is 20.6 Å². The van der Waals surface area contributed by atoms with Gasteiger partial charge in [0.15, 0.2) is 23.0 Å². The molecule has 0 saturated heterocycles. The van der Waals surface area contributed by atoms with Crippen LogP contribution in [0.3, 0.4) is 0 Å². The molecular weight excluding hydrogens is 636 g/mol. The van der Waals surface area contributed by atoms with Gasteiger partial charge in [0.25, 0.3) is 0 Å². The number of ether oxygens (including phenoxy) is 4. The lowest BCUT2D eigenvalue weighted by molar-refractivity contribution is 0.251. The largest absolute Gasteiger partial charge is 0.493 e. The summed E-state index contributed by atoms with van der Waals surface area (Å²) in [5.41, 5.74) is 1.73. The number of aromatic nitrogens is 2. The van der Waals surface area contributed by atoms with E-state index >= 15 is 0 Å². The minimum Gasteiger partial charge on any atom is -0.493 e. The number of amides is 4. The number of fused-ring (bicyclic) bond motifs is 2. The summed E-state index contributed by atoms with van der Waals surface area (Å²) >= 11 is 0. The first-order valence-corrected chi connectivity index (χ1v) is 15.6. The number of nitrogens with one attached hydrogen (secondary N) is 4. The predicted octanol–water partition coefficient (Wildman–Crippen LogP) is 5.55. The first-order chi connectivity index (χ1) is 23.0. The van der Waals surface area contributed by atoms with E-state index in [-0.39, 0.29) is 40.7 Å². The number of hydrogen-bond acceptors (Lipinski definition) is 10. The summed E-state index contributed by atoms with van der Waals surface area (Å²) in [6, 6.07) is 6.20. The lowest BCUT2D eigenvalue weighted by atomic mass is 10.1. The molecule has 0 saturated carbocycles. The van der Waals surface area contributed by atoms with Gasteiger partial charge in [-0.15, -0.1) is 0 Å². The Morgan fingerprint density at radius 2 is 0.918 bits per heavy atom. The molecular formula is C34H48N6O9. The number of urea groups is 2. The van der Waals surface area contributed by atoms with E-state index in [0.29, 0.717) is 58.2 Å². The van der Waals surface area contributed by atoms with Gasteiger partial charge in [-0.05, 0) is 51.0 Å². The van der Waals surface area contributed by atoms with E-state index in [4.69, 9.17) is 18.9 Å². The van der Waals surface area contributed by atoms with Crippen molar-refractivity contribution in [2.75, 3.05) is 52.2 Å². The van der Waals surface area contributed by atoms with Gasteiger partial charge in [0.05, 0.1) is 28.4 Å². The summed E-state index contributed by atoms with van der Waals surface area (Å²) in [6.45, 7) is 8.78. The Morgan fingerprint density at radius 1 is 0.612 bits per heavy atom. The number of benzene rings is 2. The van der Waals surface area contributed by atoms with Crippen LogP contribution in [0.25, 0.3) is 21.5 Å². The highest BCUT2D eigenvalue weighted by Crippen LogP contribution is 2.41. The van der Waals surface area contributed by atoms with Gasteiger partial charge < -0.3 is 55.9 Å². The number of aryl methyl sites for hydroxylation is 2. The number of unbranched alkanes of at least 4 members (excludes halogenated alkanes) is 2. The van der Waals surface area contributed by atoms with E-state index < -0.39 is 0 Å². The molecule has 0 bridgehead atoms. The van der Waals surface area contributed by atoms with E-state index in [1.54, 1.807) is 52.3 Å². The zero-order valence-electron chi connectivity index (χ0n) is 29.3. The van der Waals surface area contributed by atoms with E-state index in [1.165, 1.54) is 14.2 Å². The van der Waals surface area contributed by atoms with Gasteiger partial charge >= 0.3 is 12.1 Å². The molecule has 0 fully saturated rings. The number of carbonyl (C=O) groups is 2. The third-order valence-corrected chi connectivity index (χ3v) is 7.47. The van der Waals surface area contributed by atoms with Crippen molar-refractivity contribution in [1.29, 1.82) is 0 Å². The molecule has 4 rings (SSSR count). The summed E-state index contributed by atoms with van der Waals surface area (Å²) in [4.78, 5) is 32.3. The SMILES string of the molecule is CCCCNC(=O)Nc1c(O)nc(C)c2cc(OC)c(OC)cc12.CCCCNC(=O)Nc1c(O)nc(C)c2cc(OC)c(OC)cc12.O. The number of hydrogen-bond donors (Lipinski definition) is 6. The monoisotopic (exact) mass is 684 g/mol. The van der Waals surface area contributed by atoms with Gasteiger partial charge in [-0.2, -0.15) is 0 Å². The van der Waals surface area contributed by atoms with Crippen molar-refractivity contribution < 1.29 is 44.2 Å². The Bertz CT molecular complexity index is 1620. The third-order valence-electron chi connectivity index (χ3n) is 7.47. The molecule has 0 aliphatic heterocycles. The molecule has 15 nitrogen and oxygen atoms in total. The molecule has 0 unspecified atom stereocenters. The van der Waals surface area contributed by atoms with Crippen molar-refractivity contribution in [3.05, 3.63) is 35.7 Å². The highest BCUT2D eigenvalue weighted by atomic mass is 16.5. The molecule has 0 radical (unpaired) electrons. The number of aromatic hydroxyl groups is 2. The Kier molecular flexibility index (Phi) is 15.2. The van der Waals surface area contributed by atoms with Crippen molar-refractivity contribution in [2.45, 2.75) is 53.4 Å². The highest BCUT2D eigenvalue weighted by molar-refractivity contribution is 6.06. The third kappa shape index (κ3) is 9.79. The van der Waals surface area contributed by atoms with Crippen molar-refractivity contribution in [2.24, 2.45) is 0 Å². The second-order valence-corrected chi connectivity index (χ2v) is 10.8.